The van der Waals surface area contributed by atoms with Crippen LogP contribution in [0.4, 0.5) is 0 Å². The predicted octanol–water partition coefficient (Wildman–Crippen LogP) is 2.93. The molecule has 0 aromatic carbocycles. The van der Waals surface area contributed by atoms with Gasteiger partial charge in [0.05, 0.1) is 0 Å². The molecule has 0 heterocycles. The van der Waals surface area contributed by atoms with E-state index in [4.69, 9.17) is 0 Å². The van der Waals surface area contributed by atoms with E-state index in [1.807, 2.05) is 0 Å². The van der Waals surface area contributed by atoms with Gasteiger partial charge in [0.15, 0.2) is 0 Å². The Kier molecular flexibility index (Phi) is 3.64. The minimum absolute atomic E-state index is 0.226. The lowest BCUT2D eigenvalue weighted by atomic mass is 9.87. The number of hydrogen-bond donors (Lipinski definition) is 1. The maximum atomic E-state index is 4.03. The molecule has 0 fully saturated rings. The molecular weight excluding hydrogens is 134 g/mol. The van der Waals surface area contributed by atoms with E-state index in [0.29, 0.717) is 6.04 Å². The first-order valence-electron chi connectivity index (χ1n) is 4.36. The van der Waals surface area contributed by atoms with Crippen LogP contribution >= 0.6 is 0 Å². The number of hydrogen-bond acceptors (Lipinski definition) is 1. The molecular formula is C10H21N. The Bertz CT molecular complexity index is 134. The Labute approximate surface area is 70.9 Å². The van der Waals surface area contributed by atoms with Gasteiger partial charge >= 0.3 is 0 Å². The molecule has 0 amide bonds. The molecule has 66 valence electrons. The highest BCUT2D eigenvalue weighted by Gasteiger charge is 2.19. The highest BCUT2D eigenvalue weighted by atomic mass is 14.9. The van der Waals surface area contributed by atoms with Crippen LogP contribution in [0.25, 0.3) is 0 Å². The van der Waals surface area contributed by atoms with Gasteiger partial charge in [-0.15, -0.1) is 0 Å². The van der Waals surface area contributed by atoms with Crippen molar-refractivity contribution < 1.29 is 0 Å². The molecule has 0 saturated carbocycles. The predicted molar refractivity (Wildman–Crippen MR) is 51.5 cm³/mol. The molecule has 0 aromatic rings. The van der Waals surface area contributed by atoms with Crippen molar-refractivity contribution in [3.63, 3.8) is 0 Å². The molecule has 0 bridgehead atoms. The van der Waals surface area contributed by atoms with E-state index in [9.17, 15) is 0 Å². The Morgan fingerprint density at radius 2 is 1.91 bits per heavy atom. The van der Waals surface area contributed by atoms with Gasteiger partial charge in [-0.05, 0) is 20.3 Å². The minimum atomic E-state index is 0.226. The van der Waals surface area contributed by atoms with Crippen molar-refractivity contribution in [1.29, 1.82) is 0 Å². The molecule has 0 saturated heterocycles. The van der Waals surface area contributed by atoms with Gasteiger partial charge in [0.2, 0.25) is 0 Å². The maximum Gasteiger partial charge on any atom is 0.0201 e. The monoisotopic (exact) mass is 155 g/mol. The van der Waals surface area contributed by atoms with E-state index in [-0.39, 0.29) is 5.41 Å². The van der Waals surface area contributed by atoms with Gasteiger partial charge in [-0.2, -0.15) is 0 Å². The molecule has 0 aliphatic heterocycles. The summed E-state index contributed by atoms with van der Waals surface area (Å²) in [6.45, 7) is 14.9. The molecule has 1 heteroatoms. The Morgan fingerprint density at radius 1 is 1.45 bits per heavy atom. The van der Waals surface area contributed by atoms with Gasteiger partial charge in [-0.3, -0.25) is 0 Å². The molecule has 1 N–H and O–H groups in total. The summed E-state index contributed by atoms with van der Waals surface area (Å²) in [7, 11) is 0. The average Bonchev–Trinajstić information content (AvgIpc) is 1.86. The SMILES string of the molecule is C=C(NC(C)C)C(C)(C)CC. The molecule has 0 radical (unpaired) electrons. The zero-order valence-corrected chi connectivity index (χ0v) is 8.49. The van der Waals surface area contributed by atoms with Gasteiger partial charge < -0.3 is 5.32 Å². The third kappa shape index (κ3) is 3.45. The van der Waals surface area contributed by atoms with Gasteiger partial charge in [0, 0.05) is 17.2 Å². The molecule has 0 aliphatic rings. The molecule has 0 aromatic heterocycles. The Balaban J connectivity index is 4.02. The van der Waals surface area contributed by atoms with Crippen LogP contribution in [0, 0.1) is 5.41 Å². The van der Waals surface area contributed by atoms with Gasteiger partial charge in [-0.25, -0.2) is 0 Å². The van der Waals surface area contributed by atoms with Crippen molar-refractivity contribution in [1.82, 2.24) is 5.32 Å². The van der Waals surface area contributed by atoms with Crippen LogP contribution in [-0.2, 0) is 0 Å². The highest BCUT2D eigenvalue weighted by Crippen LogP contribution is 2.26. The summed E-state index contributed by atoms with van der Waals surface area (Å²) in [6.07, 6.45) is 1.13. The highest BCUT2D eigenvalue weighted by molar-refractivity contribution is 5.04. The molecule has 0 rings (SSSR count). The summed E-state index contributed by atoms with van der Waals surface area (Å²) in [5.41, 5.74) is 1.37. The summed E-state index contributed by atoms with van der Waals surface area (Å²) in [5, 5.41) is 3.34. The van der Waals surface area contributed by atoms with Crippen molar-refractivity contribution in [2.75, 3.05) is 0 Å². The van der Waals surface area contributed by atoms with Crippen molar-refractivity contribution >= 4 is 0 Å². The summed E-state index contributed by atoms with van der Waals surface area (Å²) in [6, 6.07) is 0.494. The van der Waals surface area contributed by atoms with Crippen LogP contribution in [0.3, 0.4) is 0 Å². The zero-order valence-electron chi connectivity index (χ0n) is 8.49. The fourth-order valence-electron chi connectivity index (χ4n) is 0.757. The quantitative estimate of drug-likeness (QED) is 0.658. The zero-order chi connectivity index (χ0) is 9.07. The number of allylic oxidation sites excluding steroid dienone is 1. The first-order valence-corrected chi connectivity index (χ1v) is 4.36. The lowest BCUT2D eigenvalue weighted by Gasteiger charge is -2.28. The van der Waals surface area contributed by atoms with E-state index in [1.165, 1.54) is 0 Å². The van der Waals surface area contributed by atoms with Gasteiger partial charge in [0.25, 0.3) is 0 Å². The summed E-state index contributed by atoms with van der Waals surface area (Å²) >= 11 is 0. The standard InChI is InChI=1S/C10H21N/c1-7-10(5,6)9(4)11-8(2)3/h8,11H,4,7H2,1-3,5-6H3. The second kappa shape index (κ2) is 3.80. The van der Waals surface area contributed by atoms with Crippen LogP contribution in [0.1, 0.15) is 41.0 Å². The van der Waals surface area contributed by atoms with Crippen molar-refractivity contribution in [3.8, 4) is 0 Å². The molecule has 0 atom stereocenters. The first kappa shape index (κ1) is 10.5. The first-order chi connectivity index (χ1) is 4.90. The summed E-state index contributed by atoms with van der Waals surface area (Å²) in [4.78, 5) is 0. The number of rotatable bonds is 4. The van der Waals surface area contributed by atoms with Crippen LogP contribution in [0.2, 0.25) is 0 Å². The molecule has 0 unspecified atom stereocenters. The maximum absolute atomic E-state index is 4.03. The van der Waals surface area contributed by atoms with E-state index >= 15 is 0 Å². The van der Waals surface area contributed by atoms with Crippen molar-refractivity contribution in [2.24, 2.45) is 5.41 Å². The summed E-state index contributed by atoms with van der Waals surface area (Å²) < 4.78 is 0. The fraction of sp³-hybridized carbons (Fsp3) is 0.800. The van der Waals surface area contributed by atoms with Crippen LogP contribution in [-0.4, -0.2) is 6.04 Å². The van der Waals surface area contributed by atoms with Gasteiger partial charge in [-0.1, -0.05) is 27.4 Å². The number of nitrogens with one attached hydrogen (secondary N) is 1. The lowest BCUT2D eigenvalue weighted by molar-refractivity contribution is 0.388. The third-order valence-corrected chi connectivity index (χ3v) is 2.16. The summed E-state index contributed by atoms with van der Waals surface area (Å²) in [5.74, 6) is 0. The van der Waals surface area contributed by atoms with Crippen LogP contribution in [0.15, 0.2) is 12.3 Å². The second-order valence-corrected chi connectivity index (χ2v) is 4.02. The van der Waals surface area contributed by atoms with Crippen LogP contribution < -0.4 is 5.32 Å². The third-order valence-electron chi connectivity index (χ3n) is 2.16. The molecule has 0 spiro atoms. The normalized spacial score (nSPS) is 11.8. The van der Waals surface area contributed by atoms with E-state index in [2.05, 4.69) is 46.5 Å². The van der Waals surface area contributed by atoms with E-state index in [0.717, 1.165) is 12.1 Å². The van der Waals surface area contributed by atoms with Crippen molar-refractivity contribution in [2.45, 2.75) is 47.1 Å². The fourth-order valence-corrected chi connectivity index (χ4v) is 0.757. The molecule has 0 aliphatic carbocycles. The smallest absolute Gasteiger partial charge is 0.0201 e. The average molecular weight is 155 g/mol. The van der Waals surface area contributed by atoms with Crippen LogP contribution in [0.5, 0.6) is 0 Å². The van der Waals surface area contributed by atoms with Crippen molar-refractivity contribution in [3.05, 3.63) is 12.3 Å². The molecule has 1 nitrogen and oxygen atoms in total. The van der Waals surface area contributed by atoms with Gasteiger partial charge in [0.1, 0.15) is 0 Å². The topological polar surface area (TPSA) is 12.0 Å². The lowest BCUT2D eigenvalue weighted by Crippen LogP contribution is -2.30. The largest absolute Gasteiger partial charge is 0.386 e. The molecule has 11 heavy (non-hydrogen) atoms. The van der Waals surface area contributed by atoms with E-state index < -0.39 is 0 Å². The second-order valence-electron chi connectivity index (χ2n) is 4.02. The Hall–Kier alpha value is -0.460. The minimum Gasteiger partial charge on any atom is -0.386 e. The Morgan fingerprint density at radius 3 is 2.18 bits per heavy atom. The van der Waals surface area contributed by atoms with E-state index in [1.54, 1.807) is 0 Å².